The predicted molar refractivity (Wildman–Crippen MR) is 99.3 cm³/mol. The first-order valence-electron chi connectivity index (χ1n) is 8.05. The first kappa shape index (κ1) is 21.9. The van der Waals surface area contributed by atoms with E-state index in [9.17, 15) is 18.8 Å². The lowest BCUT2D eigenvalue weighted by Gasteiger charge is -2.19. The molecule has 0 fully saturated rings. The van der Waals surface area contributed by atoms with E-state index in [1.807, 2.05) is 0 Å². The summed E-state index contributed by atoms with van der Waals surface area (Å²) in [6, 6.07) is 2.25. The standard InChI is InChI=1S/C17H23BrFN3O4/c1-17(2,3)26-16(25)21-7-5-4-6-14(23)22-13-9-11(18)12(19)8-10(13)15(20)24/h8-9H,4-7H2,1-3H3,(H2,20,24)(H,21,25)(H,22,23). The molecule has 144 valence electrons. The predicted octanol–water partition coefficient (Wildman–Crippen LogP) is 3.32. The molecule has 0 bridgehead atoms. The summed E-state index contributed by atoms with van der Waals surface area (Å²) < 4.78 is 18.7. The van der Waals surface area contributed by atoms with Gasteiger partial charge in [0.05, 0.1) is 15.7 Å². The van der Waals surface area contributed by atoms with Gasteiger partial charge in [-0.3, -0.25) is 9.59 Å². The Morgan fingerprint density at radius 3 is 2.46 bits per heavy atom. The number of amides is 3. The van der Waals surface area contributed by atoms with Crippen molar-refractivity contribution in [3.63, 3.8) is 0 Å². The molecule has 0 aliphatic heterocycles. The molecule has 0 spiro atoms. The molecule has 26 heavy (non-hydrogen) atoms. The third-order valence-electron chi connectivity index (χ3n) is 3.10. The third kappa shape index (κ3) is 7.81. The normalized spacial score (nSPS) is 11.0. The monoisotopic (exact) mass is 431 g/mol. The van der Waals surface area contributed by atoms with Crippen molar-refractivity contribution in [2.45, 2.75) is 45.6 Å². The first-order chi connectivity index (χ1) is 12.0. The maximum Gasteiger partial charge on any atom is 0.407 e. The van der Waals surface area contributed by atoms with Gasteiger partial charge in [0, 0.05) is 13.0 Å². The molecule has 0 aromatic heterocycles. The van der Waals surface area contributed by atoms with E-state index in [4.69, 9.17) is 10.5 Å². The van der Waals surface area contributed by atoms with Crippen molar-refractivity contribution in [1.29, 1.82) is 0 Å². The molecular formula is C17H23BrFN3O4. The minimum absolute atomic E-state index is 0.106. The van der Waals surface area contributed by atoms with E-state index in [1.54, 1.807) is 20.8 Å². The summed E-state index contributed by atoms with van der Waals surface area (Å²) in [5.41, 5.74) is 4.67. The highest BCUT2D eigenvalue weighted by molar-refractivity contribution is 9.10. The van der Waals surface area contributed by atoms with Crippen LogP contribution in [0, 0.1) is 5.82 Å². The van der Waals surface area contributed by atoms with E-state index in [0.717, 1.165) is 6.07 Å². The van der Waals surface area contributed by atoms with Crippen molar-refractivity contribution in [2.24, 2.45) is 5.73 Å². The van der Waals surface area contributed by atoms with E-state index in [2.05, 4.69) is 26.6 Å². The largest absolute Gasteiger partial charge is 0.444 e. The van der Waals surface area contributed by atoms with Gasteiger partial charge in [-0.05, 0) is 61.7 Å². The van der Waals surface area contributed by atoms with Crippen molar-refractivity contribution in [1.82, 2.24) is 5.32 Å². The first-order valence-corrected chi connectivity index (χ1v) is 8.84. The van der Waals surface area contributed by atoms with Crippen LogP contribution in [0.15, 0.2) is 16.6 Å². The maximum atomic E-state index is 13.5. The summed E-state index contributed by atoms with van der Waals surface area (Å²) in [4.78, 5) is 34.8. The van der Waals surface area contributed by atoms with Crippen LogP contribution in [0.1, 0.15) is 50.4 Å². The second-order valence-electron chi connectivity index (χ2n) is 6.61. The summed E-state index contributed by atoms with van der Waals surface area (Å²) in [6.07, 6.45) is 0.742. The molecule has 4 N–H and O–H groups in total. The molecule has 0 aliphatic carbocycles. The fourth-order valence-corrected chi connectivity index (χ4v) is 2.33. The molecule has 0 unspecified atom stereocenters. The zero-order valence-corrected chi connectivity index (χ0v) is 16.5. The van der Waals surface area contributed by atoms with Gasteiger partial charge in [-0.2, -0.15) is 0 Å². The quantitative estimate of drug-likeness (QED) is 0.574. The molecular weight excluding hydrogens is 409 g/mol. The number of nitrogens with one attached hydrogen (secondary N) is 2. The van der Waals surface area contributed by atoms with Crippen LogP contribution in [0.2, 0.25) is 0 Å². The van der Waals surface area contributed by atoms with Gasteiger partial charge in [0.1, 0.15) is 11.4 Å². The summed E-state index contributed by atoms with van der Waals surface area (Å²) in [5.74, 6) is -1.83. The SMILES string of the molecule is CC(C)(C)OC(=O)NCCCCC(=O)Nc1cc(Br)c(F)cc1C(N)=O. The average molecular weight is 432 g/mol. The molecule has 0 radical (unpaired) electrons. The van der Waals surface area contributed by atoms with Gasteiger partial charge < -0.3 is 21.1 Å². The van der Waals surface area contributed by atoms with Gasteiger partial charge in [-0.15, -0.1) is 0 Å². The number of ether oxygens (including phenoxy) is 1. The Balaban J connectivity index is 2.43. The number of carbonyl (C=O) groups is 3. The highest BCUT2D eigenvalue weighted by atomic mass is 79.9. The van der Waals surface area contributed by atoms with Crippen LogP contribution >= 0.6 is 15.9 Å². The number of halogens is 2. The van der Waals surface area contributed by atoms with E-state index < -0.39 is 23.4 Å². The smallest absolute Gasteiger partial charge is 0.407 e. The van der Waals surface area contributed by atoms with E-state index in [0.29, 0.717) is 19.4 Å². The molecule has 0 aliphatic rings. The number of carbonyl (C=O) groups excluding carboxylic acids is 3. The van der Waals surface area contributed by atoms with Gasteiger partial charge in [-0.25, -0.2) is 9.18 Å². The summed E-state index contributed by atoms with van der Waals surface area (Å²) >= 11 is 3.00. The van der Waals surface area contributed by atoms with Gasteiger partial charge in [0.2, 0.25) is 5.91 Å². The molecule has 3 amide bonds. The van der Waals surface area contributed by atoms with Crippen LogP contribution in [0.4, 0.5) is 14.9 Å². The molecule has 1 rings (SSSR count). The van der Waals surface area contributed by atoms with Crippen LogP contribution in [-0.4, -0.2) is 30.1 Å². The molecule has 1 aromatic carbocycles. The van der Waals surface area contributed by atoms with E-state index in [-0.39, 0.29) is 28.1 Å². The Hall–Kier alpha value is -2.16. The number of nitrogens with two attached hydrogens (primary N) is 1. The number of rotatable bonds is 7. The number of hydrogen-bond donors (Lipinski definition) is 3. The number of anilines is 1. The van der Waals surface area contributed by atoms with Crippen molar-refractivity contribution in [3.05, 3.63) is 28.0 Å². The van der Waals surface area contributed by atoms with Crippen LogP contribution in [0.25, 0.3) is 0 Å². The van der Waals surface area contributed by atoms with Crippen molar-refractivity contribution in [2.75, 3.05) is 11.9 Å². The molecule has 0 saturated heterocycles. The highest BCUT2D eigenvalue weighted by Gasteiger charge is 2.16. The van der Waals surface area contributed by atoms with Gasteiger partial charge >= 0.3 is 6.09 Å². The summed E-state index contributed by atoms with van der Waals surface area (Å²) in [5, 5.41) is 5.14. The van der Waals surface area contributed by atoms with Crippen LogP contribution in [0.3, 0.4) is 0 Å². The fourth-order valence-electron chi connectivity index (χ4n) is 1.98. The number of benzene rings is 1. The Morgan fingerprint density at radius 2 is 1.88 bits per heavy atom. The highest BCUT2D eigenvalue weighted by Crippen LogP contribution is 2.25. The molecule has 7 nitrogen and oxygen atoms in total. The van der Waals surface area contributed by atoms with Gasteiger partial charge in [-0.1, -0.05) is 0 Å². The third-order valence-corrected chi connectivity index (χ3v) is 3.71. The fraction of sp³-hybridized carbons (Fsp3) is 0.471. The minimum atomic E-state index is -0.840. The number of unbranched alkanes of at least 4 members (excludes halogenated alkanes) is 1. The van der Waals surface area contributed by atoms with Crippen molar-refractivity contribution in [3.8, 4) is 0 Å². The lowest BCUT2D eigenvalue weighted by Crippen LogP contribution is -2.33. The average Bonchev–Trinajstić information content (AvgIpc) is 2.48. The van der Waals surface area contributed by atoms with Crippen LogP contribution in [0.5, 0.6) is 0 Å². The van der Waals surface area contributed by atoms with Gasteiger partial charge in [0.25, 0.3) is 5.91 Å². The molecule has 1 aromatic rings. The van der Waals surface area contributed by atoms with Gasteiger partial charge in [0.15, 0.2) is 0 Å². The topological polar surface area (TPSA) is 111 Å². The zero-order valence-electron chi connectivity index (χ0n) is 14.9. The lowest BCUT2D eigenvalue weighted by molar-refractivity contribution is -0.116. The van der Waals surface area contributed by atoms with Crippen LogP contribution in [-0.2, 0) is 9.53 Å². The number of alkyl carbamates (subject to hydrolysis) is 1. The van der Waals surface area contributed by atoms with E-state index in [1.165, 1.54) is 6.07 Å². The van der Waals surface area contributed by atoms with Crippen molar-refractivity contribution >= 4 is 39.5 Å². The lowest BCUT2D eigenvalue weighted by atomic mass is 10.1. The Bertz CT molecular complexity index is 689. The zero-order chi connectivity index (χ0) is 19.9. The maximum absolute atomic E-state index is 13.5. The molecule has 9 heteroatoms. The molecule has 0 atom stereocenters. The molecule has 0 heterocycles. The minimum Gasteiger partial charge on any atom is -0.444 e. The second-order valence-corrected chi connectivity index (χ2v) is 7.46. The molecule has 0 saturated carbocycles. The summed E-state index contributed by atoms with van der Waals surface area (Å²) in [7, 11) is 0. The summed E-state index contributed by atoms with van der Waals surface area (Å²) in [6.45, 7) is 5.68. The Morgan fingerprint density at radius 1 is 1.23 bits per heavy atom. The Labute approximate surface area is 160 Å². The van der Waals surface area contributed by atoms with E-state index >= 15 is 0 Å². The second kappa shape index (κ2) is 9.51. The Kier molecular flexibility index (Phi) is 8.01. The number of hydrogen-bond acceptors (Lipinski definition) is 4. The number of primary amides is 1. The van der Waals surface area contributed by atoms with Crippen molar-refractivity contribution < 1.29 is 23.5 Å². The van der Waals surface area contributed by atoms with Crippen LogP contribution < -0.4 is 16.4 Å².